The molecule has 2 unspecified atom stereocenters. The lowest BCUT2D eigenvalue weighted by Crippen LogP contribution is -2.34. The third-order valence-electron chi connectivity index (χ3n) is 2.28. The number of hydrogen-bond acceptors (Lipinski definition) is 1. The smallest absolute Gasteiger partial charge is 0.137 e. The molecule has 1 rings (SSSR count). The summed E-state index contributed by atoms with van der Waals surface area (Å²) >= 11 is 3.11. The van der Waals surface area contributed by atoms with Crippen LogP contribution in [0.3, 0.4) is 0 Å². The van der Waals surface area contributed by atoms with Crippen LogP contribution in [0, 0.1) is 5.82 Å². The van der Waals surface area contributed by atoms with E-state index in [1.807, 2.05) is 33.8 Å². The lowest BCUT2D eigenvalue weighted by molar-refractivity contribution is 0.602. The maximum atomic E-state index is 13.4. The maximum Gasteiger partial charge on any atom is 0.137 e. The highest BCUT2D eigenvalue weighted by Crippen LogP contribution is 2.22. The van der Waals surface area contributed by atoms with Crippen LogP contribution in [0.25, 0.3) is 0 Å². The predicted octanol–water partition coefficient (Wildman–Crippen LogP) is 3.70. The van der Waals surface area contributed by atoms with Gasteiger partial charge in [-0.3, -0.25) is 0 Å². The van der Waals surface area contributed by atoms with E-state index in [0.29, 0.717) is 4.47 Å². The van der Waals surface area contributed by atoms with Crippen LogP contribution in [0.4, 0.5) is 4.39 Å². The molecule has 0 aliphatic carbocycles. The van der Waals surface area contributed by atoms with Gasteiger partial charge in [0.25, 0.3) is 0 Å². The minimum atomic E-state index is -1.16. The van der Waals surface area contributed by atoms with Crippen LogP contribution in [0.2, 0.25) is 0 Å². The molecule has 0 amide bonds. The highest BCUT2D eigenvalue weighted by molar-refractivity contribution is 9.10. The van der Waals surface area contributed by atoms with Crippen LogP contribution >= 0.6 is 15.9 Å². The molecule has 1 aromatic rings. The summed E-state index contributed by atoms with van der Waals surface area (Å²) in [5, 5.41) is 0. The summed E-state index contributed by atoms with van der Waals surface area (Å²) in [7, 11) is -1.16. The van der Waals surface area contributed by atoms with Gasteiger partial charge >= 0.3 is 0 Å². The Morgan fingerprint density at radius 2 is 2.00 bits per heavy atom. The number of benzene rings is 1. The number of hydrogen-bond donors (Lipinski definition) is 1. The molecule has 96 valence electrons. The molecule has 0 heterocycles. The highest BCUT2D eigenvalue weighted by Gasteiger charge is 2.21. The largest absolute Gasteiger partial charge is 0.242 e. The van der Waals surface area contributed by atoms with Gasteiger partial charge in [0.1, 0.15) is 5.82 Å². The normalized spacial score (nSPS) is 15.6. The summed E-state index contributed by atoms with van der Waals surface area (Å²) in [6, 6.07) is 4.76. The molecule has 0 bridgehead atoms. The second-order valence-corrected chi connectivity index (χ2v) is 7.75. The lowest BCUT2D eigenvalue weighted by atomic mass is 10.1. The van der Waals surface area contributed by atoms with Crippen molar-refractivity contribution >= 4 is 26.9 Å². The standard InChI is InChI=1S/C12H17BrFNOS/c1-8(15-17(16)12(2,3)4)9-5-6-10(13)11(14)7-9/h5-8,15H,1-4H3. The van der Waals surface area contributed by atoms with Gasteiger partial charge in [0.15, 0.2) is 0 Å². The fourth-order valence-electron chi connectivity index (χ4n) is 1.19. The van der Waals surface area contributed by atoms with Crippen LogP contribution in [-0.2, 0) is 11.0 Å². The Morgan fingerprint density at radius 3 is 2.47 bits per heavy atom. The van der Waals surface area contributed by atoms with Gasteiger partial charge in [0, 0.05) is 6.04 Å². The van der Waals surface area contributed by atoms with Crippen molar-refractivity contribution in [2.45, 2.75) is 38.5 Å². The van der Waals surface area contributed by atoms with Crippen molar-refractivity contribution in [1.29, 1.82) is 0 Å². The Balaban J connectivity index is 2.80. The summed E-state index contributed by atoms with van der Waals surface area (Å²) in [6.45, 7) is 7.55. The van der Waals surface area contributed by atoms with Crippen molar-refractivity contribution in [2.75, 3.05) is 0 Å². The molecule has 0 radical (unpaired) electrons. The molecule has 0 saturated heterocycles. The van der Waals surface area contributed by atoms with Gasteiger partial charge in [-0.2, -0.15) is 0 Å². The summed E-state index contributed by atoms with van der Waals surface area (Å²) in [5.41, 5.74) is 0.781. The van der Waals surface area contributed by atoms with Crippen molar-refractivity contribution in [1.82, 2.24) is 4.72 Å². The Labute approximate surface area is 113 Å². The van der Waals surface area contributed by atoms with E-state index in [1.165, 1.54) is 6.07 Å². The fourth-order valence-corrected chi connectivity index (χ4v) is 2.24. The first kappa shape index (κ1) is 14.8. The first-order valence-corrected chi connectivity index (χ1v) is 7.29. The quantitative estimate of drug-likeness (QED) is 0.903. The van der Waals surface area contributed by atoms with E-state index < -0.39 is 11.0 Å². The second kappa shape index (κ2) is 5.59. The number of rotatable bonds is 3. The van der Waals surface area contributed by atoms with Gasteiger partial charge in [-0.1, -0.05) is 6.07 Å². The topological polar surface area (TPSA) is 29.1 Å². The van der Waals surface area contributed by atoms with E-state index in [4.69, 9.17) is 0 Å². The molecule has 0 spiro atoms. The maximum absolute atomic E-state index is 13.4. The van der Waals surface area contributed by atoms with Gasteiger partial charge in [-0.15, -0.1) is 0 Å². The van der Waals surface area contributed by atoms with Crippen LogP contribution in [0.15, 0.2) is 22.7 Å². The molecule has 17 heavy (non-hydrogen) atoms. The molecule has 0 fully saturated rings. The van der Waals surface area contributed by atoms with Crippen molar-refractivity contribution in [3.05, 3.63) is 34.1 Å². The van der Waals surface area contributed by atoms with Crippen LogP contribution in [-0.4, -0.2) is 8.96 Å². The molecule has 0 aliphatic rings. The number of nitrogens with one attached hydrogen (secondary N) is 1. The van der Waals surface area contributed by atoms with E-state index in [0.717, 1.165) is 5.56 Å². The van der Waals surface area contributed by atoms with Crippen molar-refractivity contribution < 1.29 is 8.60 Å². The fraction of sp³-hybridized carbons (Fsp3) is 0.500. The van der Waals surface area contributed by atoms with E-state index in [9.17, 15) is 8.60 Å². The van der Waals surface area contributed by atoms with E-state index in [2.05, 4.69) is 20.7 Å². The Morgan fingerprint density at radius 1 is 1.41 bits per heavy atom. The van der Waals surface area contributed by atoms with E-state index in [-0.39, 0.29) is 16.6 Å². The molecule has 1 N–H and O–H groups in total. The molecule has 2 atom stereocenters. The highest BCUT2D eigenvalue weighted by atomic mass is 79.9. The molecule has 1 aromatic carbocycles. The minimum absolute atomic E-state index is 0.155. The summed E-state index contributed by atoms with van der Waals surface area (Å²) in [4.78, 5) is 0. The molecule has 0 saturated carbocycles. The lowest BCUT2D eigenvalue weighted by Gasteiger charge is -2.22. The van der Waals surface area contributed by atoms with Gasteiger partial charge in [-0.05, 0) is 61.3 Å². The van der Waals surface area contributed by atoms with Crippen molar-refractivity contribution in [3.63, 3.8) is 0 Å². The monoisotopic (exact) mass is 321 g/mol. The average molecular weight is 322 g/mol. The second-order valence-electron chi connectivity index (χ2n) is 4.89. The van der Waals surface area contributed by atoms with Gasteiger partial charge in [0.05, 0.1) is 20.2 Å². The summed E-state index contributed by atoms with van der Waals surface area (Å²) in [5.74, 6) is -0.308. The van der Waals surface area contributed by atoms with Crippen molar-refractivity contribution in [2.24, 2.45) is 0 Å². The van der Waals surface area contributed by atoms with Gasteiger partial charge in [0.2, 0.25) is 0 Å². The summed E-state index contributed by atoms with van der Waals surface area (Å²) < 4.78 is 28.3. The van der Waals surface area contributed by atoms with Crippen molar-refractivity contribution in [3.8, 4) is 0 Å². The third-order valence-corrected chi connectivity index (χ3v) is 4.61. The summed E-state index contributed by atoms with van der Waals surface area (Å²) in [6.07, 6.45) is 0. The number of halogens is 2. The zero-order chi connectivity index (χ0) is 13.2. The molecular formula is C12H17BrFNOS. The van der Waals surface area contributed by atoms with Gasteiger partial charge < -0.3 is 0 Å². The van der Waals surface area contributed by atoms with Crippen LogP contribution in [0.5, 0.6) is 0 Å². The van der Waals surface area contributed by atoms with E-state index >= 15 is 0 Å². The molecular weight excluding hydrogens is 305 g/mol. The van der Waals surface area contributed by atoms with Crippen LogP contribution < -0.4 is 4.72 Å². The molecule has 0 aromatic heterocycles. The first-order chi connectivity index (χ1) is 7.71. The Kier molecular flexibility index (Phi) is 4.86. The zero-order valence-electron chi connectivity index (χ0n) is 10.4. The van der Waals surface area contributed by atoms with Crippen LogP contribution in [0.1, 0.15) is 39.3 Å². The molecule has 2 nitrogen and oxygen atoms in total. The Hall–Kier alpha value is -0.260. The first-order valence-electron chi connectivity index (χ1n) is 5.35. The minimum Gasteiger partial charge on any atom is -0.242 e. The molecule has 0 aliphatic heterocycles. The SMILES string of the molecule is CC(NS(=O)C(C)(C)C)c1ccc(Br)c(F)c1. The Bertz CT molecular complexity index is 431. The zero-order valence-corrected chi connectivity index (χ0v) is 12.8. The van der Waals surface area contributed by atoms with E-state index in [1.54, 1.807) is 6.07 Å². The molecule has 5 heteroatoms. The van der Waals surface area contributed by atoms with Gasteiger partial charge in [-0.25, -0.2) is 13.3 Å². The predicted molar refractivity (Wildman–Crippen MR) is 73.5 cm³/mol. The third kappa shape index (κ3) is 4.16. The average Bonchev–Trinajstić information content (AvgIpc) is 2.20.